The van der Waals surface area contributed by atoms with Gasteiger partial charge in [0.2, 0.25) is 0 Å². The summed E-state index contributed by atoms with van der Waals surface area (Å²) in [6, 6.07) is 8.09. The summed E-state index contributed by atoms with van der Waals surface area (Å²) >= 11 is 0. The van der Waals surface area contributed by atoms with E-state index in [0.717, 1.165) is 24.3 Å². The number of carbonyl (C=O) groups excluding carboxylic acids is 1. The second-order valence-corrected chi connectivity index (χ2v) is 6.61. The van der Waals surface area contributed by atoms with Gasteiger partial charge in [0, 0.05) is 32.0 Å². The zero-order valence-electron chi connectivity index (χ0n) is 13.8. The second kappa shape index (κ2) is 6.86. The van der Waals surface area contributed by atoms with Gasteiger partial charge in [-0.1, -0.05) is 32.0 Å². The number of urea groups is 1. The van der Waals surface area contributed by atoms with Gasteiger partial charge in [-0.3, -0.25) is 0 Å². The van der Waals surface area contributed by atoms with Crippen LogP contribution in [0, 0.1) is 11.8 Å². The molecule has 0 bridgehead atoms. The van der Waals surface area contributed by atoms with Crippen molar-refractivity contribution in [2.75, 3.05) is 13.1 Å². The quantitative estimate of drug-likeness (QED) is 0.947. The minimum Gasteiger partial charge on any atom is -0.334 e. The maximum Gasteiger partial charge on any atom is 0.317 e. The van der Waals surface area contributed by atoms with Crippen molar-refractivity contribution in [3.63, 3.8) is 0 Å². The van der Waals surface area contributed by atoms with Crippen LogP contribution in [0.5, 0.6) is 0 Å². The molecule has 1 fully saturated rings. The molecule has 0 radical (unpaired) electrons. The lowest BCUT2D eigenvalue weighted by atomic mass is 9.92. The van der Waals surface area contributed by atoms with Crippen LogP contribution in [0.2, 0.25) is 0 Å². The number of likely N-dealkylation sites (tertiary alicyclic amines) is 1. The van der Waals surface area contributed by atoms with Crippen molar-refractivity contribution in [1.82, 2.24) is 19.8 Å². The third-order valence-electron chi connectivity index (χ3n) is 4.36. The first-order valence-corrected chi connectivity index (χ1v) is 8.22. The van der Waals surface area contributed by atoms with Crippen molar-refractivity contribution < 1.29 is 4.79 Å². The monoisotopic (exact) mass is 312 g/mol. The van der Waals surface area contributed by atoms with E-state index < -0.39 is 0 Å². The van der Waals surface area contributed by atoms with Crippen LogP contribution in [-0.4, -0.2) is 33.6 Å². The summed E-state index contributed by atoms with van der Waals surface area (Å²) in [7, 11) is 0. The summed E-state index contributed by atoms with van der Waals surface area (Å²) in [5, 5.41) is 3.07. The van der Waals surface area contributed by atoms with E-state index in [1.807, 2.05) is 39.9 Å². The van der Waals surface area contributed by atoms with Crippen LogP contribution in [0.1, 0.15) is 25.8 Å². The fourth-order valence-corrected chi connectivity index (χ4v) is 3.43. The summed E-state index contributed by atoms with van der Waals surface area (Å²) < 4.78 is 1.96. The molecule has 1 saturated heterocycles. The number of nitrogens with zero attached hydrogens (tertiary/aromatic N) is 3. The molecule has 23 heavy (non-hydrogen) atoms. The zero-order valence-corrected chi connectivity index (χ0v) is 13.8. The molecule has 5 nitrogen and oxygen atoms in total. The summed E-state index contributed by atoms with van der Waals surface area (Å²) in [5.74, 6) is 1.14. The van der Waals surface area contributed by atoms with Crippen molar-refractivity contribution in [3.8, 4) is 5.69 Å². The molecule has 5 heteroatoms. The minimum absolute atomic E-state index is 0.0313. The van der Waals surface area contributed by atoms with E-state index in [1.54, 1.807) is 12.5 Å². The van der Waals surface area contributed by atoms with E-state index in [4.69, 9.17) is 0 Å². The molecule has 0 aliphatic carbocycles. The van der Waals surface area contributed by atoms with Crippen LogP contribution in [0.3, 0.4) is 0 Å². The van der Waals surface area contributed by atoms with Gasteiger partial charge in [-0.05, 0) is 29.9 Å². The molecule has 2 aromatic rings. The molecule has 1 aromatic carbocycles. The summed E-state index contributed by atoms with van der Waals surface area (Å²) in [6.07, 6.45) is 6.64. The van der Waals surface area contributed by atoms with Crippen LogP contribution >= 0.6 is 0 Å². The molecule has 0 spiro atoms. The van der Waals surface area contributed by atoms with Gasteiger partial charge in [-0.25, -0.2) is 9.78 Å². The number of amides is 2. The summed E-state index contributed by atoms with van der Waals surface area (Å²) in [5.41, 5.74) is 2.13. The Labute approximate surface area is 137 Å². The van der Waals surface area contributed by atoms with Gasteiger partial charge in [0.05, 0.1) is 12.0 Å². The van der Waals surface area contributed by atoms with Crippen molar-refractivity contribution in [2.24, 2.45) is 11.8 Å². The highest BCUT2D eigenvalue weighted by Gasteiger charge is 2.25. The number of aromatic nitrogens is 2. The number of piperidine rings is 1. The standard InChI is InChI=1S/C18H24N4O/c1-14-9-15(2)12-22(11-14)18(23)20-10-16-5-3-4-6-17(16)21-8-7-19-13-21/h3-8,13-15H,9-12H2,1-2H3,(H,20,23). The Morgan fingerprint density at radius 3 is 2.70 bits per heavy atom. The SMILES string of the molecule is CC1CC(C)CN(C(=O)NCc2ccccc2-n2ccnc2)C1. The first-order chi connectivity index (χ1) is 11.1. The number of imidazole rings is 1. The lowest BCUT2D eigenvalue weighted by Crippen LogP contribution is -2.47. The second-order valence-electron chi connectivity index (χ2n) is 6.61. The summed E-state index contributed by atoms with van der Waals surface area (Å²) in [4.78, 5) is 18.5. The van der Waals surface area contributed by atoms with Crippen LogP contribution < -0.4 is 5.32 Å². The van der Waals surface area contributed by atoms with Crippen LogP contribution in [0.15, 0.2) is 43.0 Å². The van der Waals surface area contributed by atoms with Crippen LogP contribution in [0.25, 0.3) is 5.69 Å². The number of para-hydroxylation sites is 1. The van der Waals surface area contributed by atoms with E-state index in [2.05, 4.69) is 24.1 Å². The highest BCUT2D eigenvalue weighted by atomic mass is 16.2. The number of hydrogen-bond acceptors (Lipinski definition) is 2. The maximum absolute atomic E-state index is 12.5. The van der Waals surface area contributed by atoms with Crippen LogP contribution in [0.4, 0.5) is 4.79 Å². The van der Waals surface area contributed by atoms with Gasteiger partial charge in [-0.15, -0.1) is 0 Å². The number of benzene rings is 1. The molecule has 2 amide bonds. The lowest BCUT2D eigenvalue weighted by molar-refractivity contribution is 0.146. The first kappa shape index (κ1) is 15.6. The Kier molecular flexibility index (Phi) is 4.65. The van der Waals surface area contributed by atoms with Gasteiger partial charge in [-0.2, -0.15) is 0 Å². The molecule has 0 saturated carbocycles. The zero-order chi connectivity index (χ0) is 16.2. The van der Waals surface area contributed by atoms with Crippen molar-refractivity contribution in [1.29, 1.82) is 0 Å². The highest BCUT2D eigenvalue weighted by molar-refractivity contribution is 5.74. The molecule has 1 aliphatic heterocycles. The number of hydrogen-bond donors (Lipinski definition) is 1. The molecule has 122 valence electrons. The molecular formula is C18H24N4O. The fraction of sp³-hybridized carbons (Fsp3) is 0.444. The predicted octanol–water partition coefficient (Wildman–Crippen LogP) is 3.06. The largest absolute Gasteiger partial charge is 0.334 e. The lowest BCUT2D eigenvalue weighted by Gasteiger charge is -2.35. The van der Waals surface area contributed by atoms with E-state index in [1.165, 1.54) is 6.42 Å². The first-order valence-electron chi connectivity index (χ1n) is 8.22. The minimum atomic E-state index is 0.0313. The Bertz CT molecular complexity index is 643. The molecule has 3 rings (SSSR count). The molecule has 2 heterocycles. The third-order valence-corrected chi connectivity index (χ3v) is 4.36. The number of nitrogens with one attached hydrogen (secondary N) is 1. The average Bonchev–Trinajstić information content (AvgIpc) is 3.06. The Balaban J connectivity index is 1.66. The van der Waals surface area contributed by atoms with Gasteiger partial charge < -0.3 is 14.8 Å². The molecule has 1 aromatic heterocycles. The van der Waals surface area contributed by atoms with E-state index >= 15 is 0 Å². The smallest absolute Gasteiger partial charge is 0.317 e. The molecule has 1 N–H and O–H groups in total. The molecule has 2 atom stereocenters. The van der Waals surface area contributed by atoms with Crippen molar-refractivity contribution >= 4 is 6.03 Å². The normalized spacial score (nSPS) is 21.2. The summed E-state index contributed by atoms with van der Waals surface area (Å²) in [6.45, 7) is 6.64. The van der Waals surface area contributed by atoms with Gasteiger partial charge in [0.1, 0.15) is 0 Å². The van der Waals surface area contributed by atoms with E-state index in [-0.39, 0.29) is 6.03 Å². The predicted molar refractivity (Wildman–Crippen MR) is 90.3 cm³/mol. The van der Waals surface area contributed by atoms with Gasteiger partial charge in [0.25, 0.3) is 0 Å². The highest BCUT2D eigenvalue weighted by Crippen LogP contribution is 2.21. The van der Waals surface area contributed by atoms with Gasteiger partial charge in [0.15, 0.2) is 0 Å². The Morgan fingerprint density at radius 2 is 2.00 bits per heavy atom. The van der Waals surface area contributed by atoms with Crippen molar-refractivity contribution in [2.45, 2.75) is 26.8 Å². The van der Waals surface area contributed by atoms with E-state index in [9.17, 15) is 4.79 Å². The molecule has 1 aliphatic rings. The van der Waals surface area contributed by atoms with Gasteiger partial charge >= 0.3 is 6.03 Å². The number of carbonyl (C=O) groups is 1. The molecule has 2 unspecified atom stereocenters. The Hall–Kier alpha value is -2.30. The van der Waals surface area contributed by atoms with Crippen molar-refractivity contribution in [3.05, 3.63) is 48.5 Å². The number of rotatable bonds is 3. The fourth-order valence-electron chi connectivity index (χ4n) is 3.43. The third kappa shape index (κ3) is 3.73. The Morgan fingerprint density at radius 1 is 1.26 bits per heavy atom. The average molecular weight is 312 g/mol. The topological polar surface area (TPSA) is 50.2 Å². The molecular weight excluding hydrogens is 288 g/mol. The maximum atomic E-state index is 12.5. The van der Waals surface area contributed by atoms with E-state index in [0.29, 0.717) is 18.4 Å². The van der Waals surface area contributed by atoms with Crippen LogP contribution in [-0.2, 0) is 6.54 Å².